The van der Waals surface area contributed by atoms with Crippen LogP contribution in [0, 0.1) is 13.8 Å². The van der Waals surface area contributed by atoms with Crippen LogP contribution < -0.4 is 11.1 Å². The molecular formula is C14H16N4O. The number of aryl methyl sites for hydroxylation is 3. The molecule has 0 saturated heterocycles. The van der Waals surface area contributed by atoms with Gasteiger partial charge in [0.2, 0.25) is 5.91 Å². The lowest BCUT2D eigenvalue weighted by atomic mass is 10.0. The van der Waals surface area contributed by atoms with Crippen molar-refractivity contribution in [2.45, 2.75) is 26.7 Å². The molecule has 5 heteroatoms. The molecule has 19 heavy (non-hydrogen) atoms. The number of benzene rings is 1. The summed E-state index contributed by atoms with van der Waals surface area (Å²) in [4.78, 5) is 11.4. The zero-order chi connectivity index (χ0) is 13.6. The van der Waals surface area contributed by atoms with E-state index in [-0.39, 0.29) is 5.91 Å². The van der Waals surface area contributed by atoms with E-state index in [4.69, 9.17) is 5.73 Å². The number of carbonyl (C=O) groups excluding carboxylic acids is 1. The highest BCUT2D eigenvalue weighted by Crippen LogP contribution is 2.30. The van der Waals surface area contributed by atoms with Crippen molar-refractivity contribution < 1.29 is 4.79 Å². The molecule has 0 radical (unpaired) electrons. The molecule has 0 spiro atoms. The van der Waals surface area contributed by atoms with Crippen LogP contribution in [0.4, 0.5) is 11.4 Å². The molecule has 1 aliphatic rings. The summed E-state index contributed by atoms with van der Waals surface area (Å²) >= 11 is 0. The van der Waals surface area contributed by atoms with Crippen molar-refractivity contribution in [3.8, 4) is 5.69 Å². The number of rotatable bonds is 1. The van der Waals surface area contributed by atoms with Crippen LogP contribution in [0.25, 0.3) is 5.69 Å². The number of aromatic nitrogens is 2. The molecule has 0 unspecified atom stereocenters. The number of fused-ring (bicyclic) bond motifs is 1. The fourth-order valence-corrected chi connectivity index (χ4v) is 2.49. The summed E-state index contributed by atoms with van der Waals surface area (Å²) in [7, 11) is 0. The topological polar surface area (TPSA) is 72.9 Å². The van der Waals surface area contributed by atoms with Gasteiger partial charge >= 0.3 is 0 Å². The van der Waals surface area contributed by atoms with Gasteiger partial charge < -0.3 is 11.1 Å². The monoisotopic (exact) mass is 256 g/mol. The largest absolute Gasteiger partial charge is 0.397 e. The summed E-state index contributed by atoms with van der Waals surface area (Å²) in [5.74, 6) is 0.0470. The van der Waals surface area contributed by atoms with E-state index in [0.717, 1.165) is 34.7 Å². The predicted octanol–water partition coefficient (Wildman–Crippen LogP) is 1.96. The lowest BCUT2D eigenvalue weighted by Gasteiger charge is -2.19. The molecule has 98 valence electrons. The summed E-state index contributed by atoms with van der Waals surface area (Å²) in [5.41, 5.74) is 11.5. The first-order valence-electron chi connectivity index (χ1n) is 6.30. The molecular weight excluding hydrogens is 240 g/mol. The van der Waals surface area contributed by atoms with E-state index in [0.29, 0.717) is 12.1 Å². The smallest absolute Gasteiger partial charge is 0.224 e. The van der Waals surface area contributed by atoms with Crippen LogP contribution in [-0.2, 0) is 11.2 Å². The maximum absolute atomic E-state index is 11.4. The van der Waals surface area contributed by atoms with Crippen LogP contribution in [0.1, 0.15) is 23.4 Å². The van der Waals surface area contributed by atoms with Gasteiger partial charge in [-0.2, -0.15) is 5.10 Å². The van der Waals surface area contributed by atoms with Crippen molar-refractivity contribution >= 4 is 17.3 Å². The first-order chi connectivity index (χ1) is 9.04. The molecule has 0 atom stereocenters. The molecule has 3 rings (SSSR count). The Hall–Kier alpha value is -2.30. The van der Waals surface area contributed by atoms with Crippen LogP contribution in [0.2, 0.25) is 0 Å². The van der Waals surface area contributed by atoms with Gasteiger partial charge in [0.15, 0.2) is 0 Å². The standard InChI is InChI=1S/C14H16N4O/c1-8-5-9(2)18(17-8)13-6-10-3-4-14(19)16-12(10)7-11(13)15/h5-7H,3-4,15H2,1-2H3,(H,16,19). The van der Waals surface area contributed by atoms with Crippen molar-refractivity contribution in [3.05, 3.63) is 35.2 Å². The number of hydrogen-bond acceptors (Lipinski definition) is 3. The van der Waals surface area contributed by atoms with Gasteiger partial charge in [-0.05, 0) is 44.0 Å². The SMILES string of the molecule is Cc1cc(C)n(-c2cc3c(cc2N)NC(=O)CC3)n1. The Morgan fingerprint density at radius 1 is 1.26 bits per heavy atom. The minimum absolute atomic E-state index is 0.0470. The van der Waals surface area contributed by atoms with Gasteiger partial charge in [0, 0.05) is 17.8 Å². The third-order valence-electron chi connectivity index (χ3n) is 3.39. The molecule has 5 nitrogen and oxygen atoms in total. The van der Waals surface area contributed by atoms with Gasteiger partial charge in [-0.25, -0.2) is 4.68 Å². The molecule has 2 aromatic rings. The normalized spacial score (nSPS) is 14.1. The number of nitrogen functional groups attached to an aromatic ring is 1. The third-order valence-corrected chi connectivity index (χ3v) is 3.39. The Labute approximate surface area is 111 Å². The molecule has 0 aliphatic carbocycles. The summed E-state index contributed by atoms with van der Waals surface area (Å²) in [6.45, 7) is 3.96. The number of nitrogens with one attached hydrogen (secondary N) is 1. The maximum atomic E-state index is 11.4. The van der Waals surface area contributed by atoms with E-state index < -0.39 is 0 Å². The van der Waals surface area contributed by atoms with E-state index >= 15 is 0 Å². The Balaban J connectivity index is 2.13. The fraction of sp³-hybridized carbons (Fsp3) is 0.286. The minimum Gasteiger partial charge on any atom is -0.397 e. The molecule has 1 aromatic heterocycles. The van der Waals surface area contributed by atoms with Gasteiger partial charge in [0.25, 0.3) is 0 Å². The van der Waals surface area contributed by atoms with Gasteiger partial charge in [0.05, 0.1) is 17.1 Å². The van der Waals surface area contributed by atoms with Crippen molar-refractivity contribution in [3.63, 3.8) is 0 Å². The van der Waals surface area contributed by atoms with Crippen LogP contribution in [0.3, 0.4) is 0 Å². The number of anilines is 2. The Bertz CT molecular complexity index is 672. The zero-order valence-corrected chi connectivity index (χ0v) is 11.0. The average Bonchev–Trinajstić information content (AvgIpc) is 2.67. The highest BCUT2D eigenvalue weighted by atomic mass is 16.1. The van der Waals surface area contributed by atoms with Crippen molar-refractivity contribution in [1.29, 1.82) is 0 Å². The van der Waals surface area contributed by atoms with E-state index in [1.54, 1.807) is 0 Å². The van der Waals surface area contributed by atoms with E-state index in [1.165, 1.54) is 0 Å². The van der Waals surface area contributed by atoms with Gasteiger partial charge in [-0.3, -0.25) is 4.79 Å². The zero-order valence-electron chi connectivity index (χ0n) is 11.0. The molecule has 1 amide bonds. The third kappa shape index (κ3) is 1.97. The molecule has 0 fully saturated rings. The van der Waals surface area contributed by atoms with Crippen LogP contribution in [0.5, 0.6) is 0 Å². The molecule has 2 heterocycles. The number of carbonyl (C=O) groups is 1. The summed E-state index contributed by atoms with van der Waals surface area (Å²) in [6.07, 6.45) is 1.27. The summed E-state index contributed by atoms with van der Waals surface area (Å²) < 4.78 is 1.85. The fourth-order valence-electron chi connectivity index (χ4n) is 2.49. The van der Waals surface area contributed by atoms with Crippen molar-refractivity contribution in [2.75, 3.05) is 11.1 Å². The van der Waals surface area contributed by atoms with Crippen LogP contribution in [0.15, 0.2) is 18.2 Å². The number of hydrogen-bond donors (Lipinski definition) is 2. The number of nitrogens with two attached hydrogens (primary N) is 1. The first-order valence-corrected chi connectivity index (χ1v) is 6.30. The van der Waals surface area contributed by atoms with Crippen LogP contribution in [-0.4, -0.2) is 15.7 Å². The lowest BCUT2D eigenvalue weighted by Crippen LogP contribution is -2.19. The van der Waals surface area contributed by atoms with E-state index in [1.807, 2.05) is 36.7 Å². The van der Waals surface area contributed by atoms with E-state index in [2.05, 4.69) is 10.4 Å². The molecule has 0 bridgehead atoms. The minimum atomic E-state index is 0.0470. The molecule has 1 aromatic carbocycles. The van der Waals surface area contributed by atoms with Gasteiger partial charge in [-0.1, -0.05) is 0 Å². The second-order valence-corrected chi connectivity index (χ2v) is 4.96. The van der Waals surface area contributed by atoms with Gasteiger partial charge in [-0.15, -0.1) is 0 Å². The first kappa shape index (κ1) is 11.8. The Morgan fingerprint density at radius 2 is 2.05 bits per heavy atom. The molecule has 3 N–H and O–H groups in total. The Kier molecular flexibility index (Phi) is 2.55. The quantitative estimate of drug-likeness (QED) is 0.766. The number of amides is 1. The molecule has 0 saturated carbocycles. The summed E-state index contributed by atoms with van der Waals surface area (Å²) in [6, 6.07) is 5.85. The molecule has 1 aliphatic heterocycles. The summed E-state index contributed by atoms with van der Waals surface area (Å²) in [5, 5.41) is 7.31. The lowest BCUT2D eigenvalue weighted by molar-refractivity contribution is -0.116. The van der Waals surface area contributed by atoms with Crippen molar-refractivity contribution in [1.82, 2.24) is 9.78 Å². The van der Waals surface area contributed by atoms with E-state index in [9.17, 15) is 4.79 Å². The maximum Gasteiger partial charge on any atom is 0.224 e. The average molecular weight is 256 g/mol. The Morgan fingerprint density at radius 3 is 2.74 bits per heavy atom. The highest BCUT2D eigenvalue weighted by molar-refractivity contribution is 5.95. The van der Waals surface area contributed by atoms with Crippen LogP contribution >= 0.6 is 0 Å². The second kappa shape index (κ2) is 4.12. The van der Waals surface area contributed by atoms with Crippen molar-refractivity contribution in [2.24, 2.45) is 0 Å². The highest BCUT2D eigenvalue weighted by Gasteiger charge is 2.18. The van der Waals surface area contributed by atoms with Gasteiger partial charge in [0.1, 0.15) is 0 Å². The second-order valence-electron chi connectivity index (χ2n) is 4.96. The predicted molar refractivity (Wildman–Crippen MR) is 74.4 cm³/mol. The number of nitrogens with zero attached hydrogens (tertiary/aromatic N) is 2.